The highest BCUT2D eigenvalue weighted by Crippen LogP contribution is 2.45. The second-order valence-electron chi connectivity index (χ2n) is 20.1. The van der Waals surface area contributed by atoms with Gasteiger partial charge in [0.15, 0.2) is 0 Å². The third-order valence-corrected chi connectivity index (χ3v) is 15.8. The third-order valence-electron chi connectivity index (χ3n) is 15.8. The van der Waals surface area contributed by atoms with Crippen LogP contribution < -0.4 is 0 Å². The van der Waals surface area contributed by atoms with Gasteiger partial charge in [0, 0.05) is 49.1 Å². The Hall–Kier alpha value is -10.4. The molecule has 0 aliphatic heterocycles. The van der Waals surface area contributed by atoms with E-state index >= 15 is 0 Å². The van der Waals surface area contributed by atoms with Crippen LogP contribution in [0.4, 0.5) is 0 Å². The van der Waals surface area contributed by atoms with Crippen molar-refractivity contribution in [3.8, 4) is 62.1 Å². The standard InChI is InChI=1S/C72H45N5/c1-3-18-46(19-4-1)54-42-55(47-20-5-2-6-21-47)44-56(43-54)75-62-29-14-12-27-58(62)70-67(75)38-39-68-71(70)59-28-13-15-30-63(59)76(68)65-32-17-33-66-69(65)57-26-11-16-31-64(57)77(66)72-73-60(52-36-34-48-22-7-9-24-50(48)40-52)45-61(74-72)53-37-35-49-23-8-10-25-51(49)41-53/h1-45H. The van der Waals surface area contributed by atoms with E-state index in [-0.39, 0.29) is 0 Å². The molecule has 77 heavy (non-hydrogen) atoms. The molecule has 358 valence electrons. The average Bonchev–Trinajstić information content (AvgIpc) is 4.17. The number of hydrogen-bond donors (Lipinski definition) is 0. The van der Waals surface area contributed by atoms with E-state index < -0.39 is 0 Å². The zero-order valence-electron chi connectivity index (χ0n) is 41.7. The molecule has 0 fully saturated rings. The summed E-state index contributed by atoms with van der Waals surface area (Å²) in [6, 6.07) is 98.9. The maximum atomic E-state index is 5.51. The average molecular weight is 980 g/mol. The van der Waals surface area contributed by atoms with Crippen LogP contribution in [0.15, 0.2) is 273 Å². The van der Waals surface area contributed by atoms with E-state index in [1.165, 1.54) is 65.3 Å². The van der Waals surface area contributed by atoms with E-state index in [0.717, 1.165) is 77.8 Å². The Morgan fingerprint density at radius 1 is 0.234 bits per heavy atom. The van der Waals surface area contributed by atoms with E-state index in [2.05, 4.69) is 287 Å². The Balaban J connectivity index is 0.945. The lowest BCUT2D eigenvalue weighted by molar-refractivity contribution is 0.995. The van der Waals surface area contributed by atoms with Gasteiger partial charge in [-0.3, -0.25) is 4.57 Å². The molecule has 5 nitrogen and oxygen atoms in total. The second kappa shape index (κ2) is 17.1. The van der Waals surface area contributed by atoms with Crippen LogP contribution in [0.1, 0.15) is 0 Å². The first-order valence-electron chi connectivity index (χ1n) is 26.3. The first-order valence-corrected chi connectivity index (χ1v) is 26.3. The summed E-state index contributed by atoms with van der Waals surface area (Å²) < 4.78 is 7.24. The molecule has 0 aliphatic rings. The number of nitrogens with zero attached hydrogens (tertiary/aromatic N) is 5. The first kappa shape index (κ1) is 43.1. The molecular formula is C72H45N5. The Morgan fingerprint density at radius 3 is 1.22 bits per heavy atom. The normalized spacial score (nSPS) is 11.9. The van der Waals surface area contributed by atoms with Crippen LogP contribution in [-0.4, -0.2) is 23.7 Å². The fourth-order valence-corrected chi connectivity index (χ4v) is 12.3. The van der Waals surface area contributed by atoms with E-state index in [9.17, 15) is 0 Å². The number of benzene rings is 12. The predicted octanol–water partition coefficient (Wildman–Crippen LogP) is 18.7. The molecule has 12 aromatic carbocycles. The molecule has 0 atom stereocenters. The summed E-state index contributed by atoms with van der Waals surface area (Å²) in [6.07, 6.45) is 0. The third kappa shape index (κ3) is 6.81. The van der Waals surface area contributed by atoms with Crippen molar-refractivity contribution in [3.63, 3.8) is 0 Å². The SMILES string of the molecule is c1ccc(-c2cc(-c3ccccc3)cc(-n3c4ccccc4c4c5c6ccccc6n(-c6cccc7c6c6ccccc6n7-c6nc(-c7ccc8ccccc8c7)cc(-c7ccc8ccccc8c7)n6)c5ccc43)c2)cc1. The molecule has 5 heteroatoms. The molecular weight excluding hydrogens is 935 g/mol. The summed E-state index contributed by atoms with van der Waals surface area (Å²) in [5.41, 5.74) is 17.4. The maximum Gasteiger partial charge on any atom is 0.235 e. The van der Waals surface area contributed by atoms with Gasteiger partial charge < -0.3 is 9.13 Å². The lowest BCUT2D eigenvalue weighted by Gasteiger charge is -2.14. The van der Waals surface area contributed by atoms with Gasteiger partial charge in [0.05, 0.1) is 50.2 Å². The molecule has 0 saturated heterocycles. The van der Waals surface area contributed by atoms with E-state index in [0.29, 0.717) is 5.95 Å². The second-order valence-corrected chi connectivity index (χ2v) is 20.1. The van der Waals surface area contributed by atoms with Crippen molar-refractivity contribution in [2.24, 2.45) is 0 Å². The van der Waals surface area contributed by atoms with Crippen molar-refractivity contribution in [2.45, 2.75) is 0 Å². The molecule has 0 unspecified atom stereocenters. The molecule has 0 N–H and O–H groups in total. The van der Waals surface area contributed by atoms with Crippen LogP contribution in [0, 0.1) is 0 Å². The zero-order chi connectivity index (χ0) is 50.6. The predicted molar refractivity (Wildman–Crippen MR) is 322 cm³/mol. The monoisotopic (exact) mass is 979 g/mol. The minimum atomic E-state index is 0.616. The maximum absolute atomic E-state index is 5.51. The van der Waals surface area contributed by atoms with Crippen molar-refractivity contribution in [1.29, 1.82) is 0 Å². The van der Waals surface area contributed by atoms with Crippen LogP contribution in [0.5, 0.6) is 0 Å². The van der Waals surface area contributed by atoms with Gasteiger partial charge in [-0.15, -0.1) is 0 Å². The van der Waals surface area contributed by atoms with E-state index in [1.807, 2.05) is 0 Å². The van der Waals surface area contributed by atoms with Crippen molar-refractivity contribution >= 4 is 87.0 Å². The fraction of sp³-hybridized carbons (Fsp3) is 0. The van der Waals surface area contributed by atoms with Crippen molar-refractivity contribution in [2.75, 3.05) is 0 Å². The highest BCUT2D eigenvalue weighted by molar-refractivity contribution is 6.29. The van der Waals surface area contributed by atoms with Gasteiger partial charge in [0.25, 0.3) is 0 Å². The Labute approximate surface area is 443 Å². The lowest BCUT2D eigenvalue weighted by atomic mass is 9.98. The molecule has 4 aromatic heterocycles. The molecule has 4 heterocycles. The molecule has 0 radical (unpaired) electrons. The smallest absolute Gasteiger partial charge is 0.235 e. The highest BCUT2D eigenvalue weighted by atomic mass is 15.2. The Morgan fingerprint density at radius 2 is 0.662 bits per heavy atom. The molecule has 16 aromatic rings. The number of fused-ring (bicyclic) bond motifs is 12. The number of para-hydroxylation sites is 3. The van der Waals surface area contributed by atoms with Gasteiger partial charge >= 0.3 is 0 Å². The zero-order valence-corrected chi connectivity index (χ0v) is 41.7. The van der Waals surface area contributed by atoms with Crippen LogP contribution in [0.3, 0.4) is 0 Å². The molecule has 0 spiro atoms. The van der Waals surface area contributed by atoms with Gasteiger partial charge in [-0.2, -0.15) is 0 Å². The Bertz CT molecular complexity index is 4890. The topological polar surface area (TPSA) is 40.6 Å². The minimum Gasteiger partial charge on any atom is -0.309 e. The van der Waals surface area contributed by atoms with Gasteiger partial charge in [0.1, 0.15) is 0 Å². The minimum absolute atomic E-state index is 0.616. The summed E-state index contributed by atoms with van der Waals surface area (Å²) >= 11 is 0. The van der Waals surface area contributed by atoms with Crippen molar-refractivity contribution < 1.29 is 0 Å². The summed E-state index contributed by atoms with van der Waals surface area (Å²) in [5, 5.41) is 11.8. The molecule has 0 saturated carbocycles. The summed E-state index contributed by atoms with van der Waals surface area (Å²) in [7, 11) is 0. The van der Waals surface area contributed by atoms with Crippen molar-refractivity contribution in [1.82, 2.24) is 23.7 Å². The Kier molecular flexibility index (Phi) is 9.57. The van der Waals surface area contributed by atoms with Gasteiger partial charge in [-0.1, -0.05) is 194 Å². The largest absolute Gasteiger partial charge is 0.309 e. The van der Waals surface area contributed by atoms with E-state index in [4.69, 9.17) is 9.97 Å². The molecule has 0 amide bonds. The number of aromatic nitrogens is 5. The van der Waals surface area contributed by atoms with Crippen LogP contribution in [0.2, 0.25) is 0 Å². The first-order chi connectivity index (χ1) is 38.2. The fourth-order valence-electron chi connectivity index (χ4n) is 12.3. The van der Waals surface area contributed by atoms with Crippen molar-refractivity contribution in [3.05, 3.63) is 273 Å². The highest BCUT2D eigenvalue weighted by Gasteiger charge is 2.25. The molecule has 0 aliphatic carbocycles. The molecule has 16 rings (SSSR count). The van der Waals surface area contributed by atoms with E-state index in [1.54, 1.807) is 0 Å². The van der Waals surface area contributed by atoms with Gasteiger partial charge in [0.2, 0.25) is 5.95 Å². The van der Waals surface area contributed by atoms with Crippen LogP contribution in [-0.2, 0) is 0 Å². The molecule has 0 bridgehead atoms. The van der Waals surface area contributed by atoms with Gasteiger partial charge in [-0.05, 0) is 123 Å². The summed E-state index contributed by atoms with van der Waals surface area (Å²) in [6.45, 7) is 0. The summed E-state index contributed by atoms with van der Waals surface area (Å²) in [4.78, 5) is 11.0. The van der Waals surface area contributed by atoms with Gasteiger partial charge in [-0.25, -0.2) is 9.97 Å². The van der Waals surface area contributed by atoms with Crippen LogP contribution >= 0.6 is 0 Å². The van der Waals surface area contributed by atoms with Crippen LogP contribution in [0.25, 0.3) is 149 Å². The number of hydrogen-bond acceptors (Lipinski definition) is 2. The lowest BCUT2D eigenvalue weighted by Crippen LogP contribution is -2.04. The quantitative estimate of drug-likeness (QED) is 0.160. The summed E-state index contributed by atoms with van der Waals surface area (Å²) in [5.74, 6) is 0.616. The number of rotatable bonds is 7.